The third kappa shape index (κ3) is 6.86. The van der Waals surface area contributed by atoms with E-state index >= 15 is 0 Å². The van der Waals surface area contributed by atoms with Crippen LogP contribution in [0.15, 0.2) is 53.4 Å². The SMILES string of the molecule is CC(C)CN(C[C@@H](O)[C@H](Cc1ccccc1)NC(=O)O[C@H]1CO[C@H]2OCC[C@H]21)S(=O)(=O)c1ccc2[nH]c(O)c(C=N)c2c1. The Morgan fingerprint density at radius 2 is 1.98 bits per heavy atom. The van der Waals surface area contributed by atoms with Crippen LogP contribution in [0.4, 0.5) is 4.79 Å². The first-order chi connectivity index (χ1) is 20.6. The fraction of sp³-hybridized carbons (Fsp3) is 0.467. The summed E-state index contributed by atoms with van der Waals surface area (Å²) in [5.74, 6) is -0.355. The van der Waals surface area contributed by atoms with Crippen molar-refractivity contribution in [3.63, 3.8) is 0 Å². The lowest BCUT2D eigenvalue weighted by molar-refractivity contribution is -0.0907. The monoisotopic (exact) mass is 614 g/mol. The fourth-order valence-corrected chi connectivity index (χ4v) is 7.32. The summed E-state index contributed by atoms with van der Waals surface area (Å²) < 4.78 is 45.8. The van der Waals surface area contributed by atoms with Crippen molar-refractivity contribution in [1.82, 2.24) is 14.6 Å². The second-order valence-electron chi connectivity index (χ2n) is 11.4. The minimum Gasteiger partial charge on any atom is -0.494 e. The first kappa shape index (κ1) is 31.0. The highest BCUT2D eigenvalue weighted by molar-refractivity contribution is 7.89. The number of alkyl carbamates (subject to hydrolysis) is 1. The predicted molar refractivity (Wildman–Crippen MR) is 159 cm³/mol. The van der Waals surface area contributed by atoms with E-state index in [0.717, 1.165) is 18.2 Å². The van der Waals surface area contributed by atoms with Crippen LogP contribution < -0.4 is 5.32 Å². The van der Waals surface area contributed by atoms with Crippen LogP contribution in [0.25, 0.3) is 10.9 Å². The molecule has 1 aromatic heterocycles. The maximum atomic E-state index is 13.9. The van der Waals surface area contributed by atoms with Crippen LogP contribution in [0.3, 0.4) is 0 Å². The number of nitrogens with one attached hydrogen (secondary N) is 3. The number of carbonyl (C=O) groups excluding carboxylic acids is 1. The van der Waals surface area contributed by atoms with Crippen molar-refractivity contribution in [1.29, 1.82) is 5.41 Å². The van der Waals surface area contributed by atoms with E-state index in [0.29, 0.717) is 17.5 Å². The van der Waals surface area contributed by atoms with Gasteiger partial charge >= 0.3 is 6.09 Å². The van der Waals surface area contributed by atoms with Crippen LogP contribution in [0.2, 0.25) is 0 Å². The van der Waals surface area contributed by atoms with E-state index in [1.165, 1.54) is 22.5 Å². The van der Waals surface area contributed by atoms with Gasteiger partial charge in [-0.05, 0) is 42.5 Å². The molecule has 43 heavy (non-hydrogen) atoms. The van der Waals surface area contributed by atoms with Crippen LogP contribution >= 0.6 is 0 Å². The number of hydrogen-bond donors (Lipinski definition) is 5. The molecule has 2 fully saturated rings. The van der Waals surface area contributed by atoms with Gasteiger partial charge in [0, 0.05) is 30.2 Å². The molecule has 2 aliphatic rings. The number of fused-ring (bicyclic) bond motifs is 2. The summed E-state index contributed by atoms with van der Waals surface area (Å²) in [6, 6.07) is 12.8. The minimum atomic E-state index is -4.13. The largest absolute Gasteiger partial charge is 0.494 e. The molecule has 0 radical (unpaired) electrons. The summed E-state index contributed by atoms with van der Waals surface area (Å²) in [7, 11) is -4.13. The molecule has 12 nitrogen and oxygen atoms in total. The van der Waals surface area contributed by atoms with Gasteiger partial charge in [0.2, 0.25) is 10.0 Å². The van der Waals surface area contributed by atoms with Gasteiger partial charge in [-0.25, -0.2) is 13.2 Å². The second-order valence-corrected chi connectivity index (χ2v) is 13.4. The molecule has 2 aliphatic heterocycles. The zero-order valence-corrected chi connectivity index (χ0v) is 24.9. The van der Waals surface area contributed by atoms with Crippen LogP contribution in [-0.4, -0.2) is 91.1 Å². The number of H-pyrrole nitrogens is 1. The highest BCUT2D eigenvalue weighted by atomic mass is 32.2. The summed E-state index contributed by atoms with van der Waals surface area (Å²) in [5.41, 5.74) is 1.51. The number of aromatic amines is 1. The zero-order valence-electron chi connectivity index (χ0n) is 24.1. The smallest absolute Gasteiger partial charge is 0.407 e. The van der Waals surface area contributed by atoms with Crippen molar-refractivity contribution in [3.8, 4) is 5.88 Å². The number of benzene rings is 2. The molecule has 232 valence electrons. The average Bonchev–Trinajstić information content (AvgIpc) is 3.67. The van der Waals surface area contributed by atoms with Gasteiger partial charge in [0.25, 0.3) is 0 Å². The molecule has 0 aliphatic carbocycles. The molecule has 2 saturated heterocycles. The maximum Gasteiger partial charge on any atom is 0.407 e. The molecular formula is C30H38N4O8S. The van der Waals surface area contributed by atoms with E-state index in [4.69, 9.17) is 19.6 Å². The molecule has 0 spiro atoms. The fourth-order valence-electron chi connectivity index (χ4n) is 5.67. The molecule has 5 atom stereocenters. The maximum absolute atomic E-state index is 13.9. The Bertz CT molecular complexity index is 1540. The number of hydrogen-bond acceptors (Lipinski definition) is 9. The molecule has 0 saturated carbocycles. The lowest BCUT2D eigenvalue weighted by Crippen LogP contribution is -2.51. The highest BCUT2D eigenvalue weighted by Crippen LogP contribution is 2.33. The summed E-state index contributed by atoms with van der Waals surface area (Å²) in [6.07, 6.45) is -0.971. The number of aliphatic hydroxyl groups is 1. The number of aliphatic hydroxyl groups excluding tert-OH is 1. The quantitative estimate of drug-likeness (QED) is 0.194. The highest BCUT2D eigenvalue weighted by Gasteiger charge is 2.44. The van der Waals surface area contributed by atoms with Gasteiger partial charge in [0.15, 0.2) is 12.2 Å². The zero-order chi connectivity index (χ0) is 30.7. The van der Waals surface area contributed by atoms with Crippen molar-refractivity contribution >= 4 is 33.2 Å². The van der Waals surface area contributed by atoms with Crippen LogP contribution in [-0.2, 0) is 30.7 Å². The van der Waals surface area contributed by atoms with Crippen molar-refractivity contribution in [2.75, 3.05) is 26.3 Å². The van der Waals surface area contributed by atoms with Crippen LogP contribution in [0, 0.1) is 17.2 Å². The number of nitrogens with zero attached hydrogens (tertiary/aromatic N) is 1. The van der Waals surface area contributed by atoms with Gasteiger partial charge in [-0.1, -0.05) is 44.2 Å². The molecule has 13 heteroatoms. The number of aromatic hydroxyl groups is 1. The third-order valence-electron chi connectivity index (χ3n) is 7.84. The predicted octanol–water partition coefficient (Wildman–Crippen LogP) is 2.98. The first-order valence-electron chi connectivity index (χ1n) is 14.3. The number of carbonyl (C=O) groups is 1. The molecular weight excluding hydrogens is 576 g/mol. The molecule has 3 aromatic rings. The number of amides is 1. The number of ether oxygens (including phenoxy) is 3. The van der Waals surface area contributed by atoms with Crippen molar-refractivity contribution in [3.05, 3.63) is 59.7 Å². The molecule has 0 bridgehead atoms. The molecule has 5 rings (SSSR count). The lowest BCUT2D eigenvalue weighted by Gasteiger charge is -2.31. The lowest BCUT2D eigenvalue weighted by atomic mass is 10.0. The Balaban J connectivity index is 1.37. The van der Waals surface area contributed by atoms with E-state index in [1.807, 2.05) is 44.2 Å². The summed E-state index contributed by atoms with van der Waals surface area (Å²) in [6.45, 7) is 4.31. The van der Waals surface area contributed by atoms with Crippen molar-refractivity contribution in [2.45, 2.75) is 56.1 Å². The summed E-state index contributed by atoms with van der Waals surface area (Å²) in [4.78, 5) is 15.7. The van der Waals surface area contributed by atoms with E-state index in [2.05, 4.69) is 10.3 Å². The van der Waals surface area contributed by atoms with E-state index in [9.17, 15) is 23.4 Å². The van der Waals surface area contributed by atoms with Crippen LogP contribution in [0.5, 0.6) is 5.88 Å². The van der Waals surface area contributed by atoms with Gasteiger partial charge in [0.05, 0.1) is 41.7 Å². The van der Waals surface area contributed by atoms with Gasteiger partial charge in [-0.3, -0.25) is 0 Å². The average molecular weight is 615 g/mol. The topological polar surface area (TPSA) is 174 Å². The minimum absolute atomic E-state index is 0.0449. The van der Waals surface area contributed by atoms with Crippen molar-refractivity contribution < 1.29 is 37.6 Å². The first-order valence-corrected chi connectivity index (χ1v) is 15.8. The molecule has 2 aromatic carbocycles. The Labute approximate surface area is 250 Å². The number of sulfonamides is 1. The summed E-state index contributed by atoms with van der Waals surface area (Å²) >= 11 is 0. The van der Waals surface area contributed by atoms with E-state index in [-0.39, 0.29) is 60.6 Å². The molecule has 0 unspecified atom stereocenters. The Kier molecular flexibility index (Phi) is 9.37. The van der Waals surface area contributed by atoms with Crippen molar-refractivity contribution in [2.24, 2.45) is 11.8 Å². The number of rotatable bonds is 12. The molecule has 3 heterocycles. The summed E-state index contributed by atoms with van der Waals surface area (Å²) in [5, 5.41) is 32.4. The normalized spacial score (nSPS) is 21.7. The number of aromatic nitrogens is 1. The van der Waals surface area contributed by atoms with E-state index in [1.54, 1.807) is 0 Å². The van der Waals surface area contributed by atoms with E-state index < -0.39 is 34.4 Å². The van der Waals surface area contributed by atoms with Gasteiger partial charge in [-0.2, -0.15) is 4.31 Å². The Morgan fingerprint density at radius 1 is 1.21 bits per heavy atom. The standard InChI is InChI=1S/C30H38N4O8S/c1-18(2)15-34(43(38,39)20-8-9-24-22(13-20)23(14-31)28(36)32-24)16-26(35)25(12-19-6-4-3-5-7-19)33-30(37)42-27-17-41-29-21(27)10-11-40-29/h3-9,13-14,18,21,25-27,29,31-32,35-36H,10-12,15-17H2,1-2H3,(H,33,37)/t21-,25-,26+,27-,29+/m0/s1. The van der Waals surface area contributed by atoms with Gasteiger partial charge in [0.1, 0.15) is 6.10 Å². The third-order valence-corrected chi connectivity index (χ3v) is 9.67. The van der Waals surface area contributed by atoms with Gasteiger partial charge in [-0.15, -0.1) is 0 Å². The molecule has 1 amide bonds. The Hall–Kier alpha value is -3.49. The van der Waals surface area contributed by atoms with Gasteiger partial charge < -0.3 is 40.1 Å². The Morgan fingerprint density at radius 3 is 2.70 bits per heavy atom. The second kappa shape index (κ2) is 13.0. The van der Waals surface area contributed by atoms with Crippen LogP contribution in [0.1, 0.15) is 31.4 Å². The molecule has 5 N–H and O–H groups in total.